The average molecular weight is 291 g/mol. The fourth-order valence-electron chi connectivity index (χ4n) is 1.87. The highest BCUT2D eigenvalue weighted by molar-refractivity contribution is 5.98. The molecule has 116 valence electrons. The molecule has 0 heterocycles. The molecule has 3 N–H and O–H groups in total. The molecule has 21 heavy (non-hydrogen) atoms. The van der Waals surface area contributed by atoms with Gasteiger partial charge >= 0.3 is 0 Å². The highest BCUT2D eigenvalue weighted by Crippen LogP contribution is 2.14. The van der Waals surface area contributed by atoms with Crippen LogP contribution >= 0.6 is 0 Å². The van der Waals surface area contributed by atoms with E-state index >= 15 is 0 Å². The van der Waals surface area contributed by atoms with Crippen molar-refractivity contribution in [2.75, 3.05) is 25.0 Å². The molecule has 0 atom stereocenters. The van der Waals surface area contributed by atoms with Crippen LogP contribution < -0.4 is 16.0 Å². The molecule has 1 aromatic carbocycles. The summed E-state index contributed by atoms with van der Waals surface area (Å²) in [6.45, 7) is 9.40. The zero-order valence-electron chi connectivity index (χ0n) is 13.2. The lowest BCUT2D eigenvalue weighted by Crippen LogP contribution is -2.38. The highest BCUT2D eigenvalue weighted by atomic mass is 16.2. The Morgan fingerprint density at radius 3 is 2.48 bits per heavy atom. The predicted octanol–water partition coefficient (Wildman–Crippen LogP) is 1.93. The summed E-state index contributed by atoms with van der Waals surface area (Å²) >= 11 is 0. The molecule has 2 amide bonds. The first-order valence-electron chi connectivity index (χ1n) is 7.33. The van der Waals surface area contributed by atoms with E-state index in [2.05, 4.69) is 16.0 Å². The van der Waals surface area contributed by atoms with Gasteiger partial charge in [0, 0.05) is 24.3 Å². The molecule has 0 aromatic heterocycles. The Bertz CT molecular complexity index is 498. The van der Waals surface area contributed by atoms with E-state index in [9.17, 15) is 9.59 Å². The highest BCUT2D eigenvalue weighted by Gasteiger charge is 2.11. The van der Waals surface area contributed by atoms with Crippen molar-refractivity contribution in [3.8, 4) is 0 Å². The normalized spacial score (nSPS) is 10.3. The van der Waals surface area contributed by atoms with Gasteiger partial charge in [0.1, 0.15) is 0 Å². The van der Waals surface area contributed by atoms with Crippen LogP contribution in [0.2, 0.25) is 0 Å². The van der Waals surface area contributed by atoms with Crippen molar-refractivity contribution in [2.24, 2.45) is 5.92 Å². The van der Waals surface area contributed by atoms with Crippen LogP contribution in [-0.4, -0.2) is 31.4 Å². The third kappa shape index (κ3) is 5.85. The summed E-state index contributed by atoms with van der Waals surface area (Å²) in [4.78, 5) is 23.6. The molecular formula is C16H25N3O2. The van der Waals surface area contributed by atoms with E-state index in [4.69, 9.17) is 0 Å². The second-order valence-electron chi connectivity index (χ2n) is 5.44. The van der Waals surface area contributed by atoms with Gasteiger partial charge in [0.15, 0.2) is 0 Å². The first-order chi connectivity index (χ1) is 9.93. The van der Waals surface area contributed by atoms with Crippen LogP contribution in [0.1, 0.15) is 36.7 Å². The van der Waals surface area contributed by atoms with E-state index < -0.39 is 0 Å². The molecule has 0 fully saturated rings. The van der Waals surface area contributed by atoms with E-state index in [1.807, 2.05) is 39.8 Å². The molecule has 0 aliphatic carbocycles. The minimum Gasteiger partial charge on any atom is -0.385 e. The van der Waals surface area contributed by atoms with Gasteiger partial charge in [0.25, 0.3) is 5.91 Å². The predicted molar refractivity (Wildman–Crippen MR) is 85.5 cm³/mol. The molecule has 0 bridgehead atoms. The zero-order valence-corrected chi connectivity index (χ0v) is 13.2. The standard InChI is InChI=1S/C16H25N3O2/c1-5-17-13-6-7-14(12(4)8-13)16(21)19-10-15(20)18-9-11(2)3/h6-8,11,17H,5,9-10H2,1-4H3,(H,18,20)(H,19,21). The lowest BCUT2D eigenvalue weighted by atomic mass is 10.1. The van der Waals surface area contributed by atoms with Gasteiger partial charge in [0.2, 0.25) is 5.91 Å². The van der Waals surface area contributed by atoms with Crippen molar-refractivity contribution in [1.82, 2.24) is 10.6 Å². The number of benzene rings is 1. The fraction of sp³-hybridized carbons (Fsp3) is 0.500. The summed E-state index contributed by atoms with van der Waals surface area (Å²) in [5, 5.41) is 8.61. The van der Waals surface area contributed by atoms with Crippen LogP contribution in [0.5, 0.6) is 0 Å². The van der Waals surface area contributed by atoms with Crippen molar-refractivity contribution >= 4 is 17.5 Å². The molecule has 1 aromatic rings. The molecular weight excluding hydrogens is 266 g/mol. The number of nitrogens with one attached hydrogen (secondary N) is 3. The first kappa shape index (κ1) is 17.0. The second-order valence-corrected chi connectivity index (χ2v) is 5.44. The smallest absolute Gasteiger partial charge is 0.251 e. The summed E-state index contributed by atoms with van der Waals surface area (Å²) in [6.07, 6.45) is 0. The summed E-state index contributed by atoms with van der Waals surface area (Å²) in [5.74, 6) is -0.000255. The summed E-state index contributed by atoms with van der Waals surface area (Å²) in [7, 11) is 0. The van der Waals surface area contributed by atoms with Crippen molar-refractivity contribution in [1.29, 1.82) is 0 Å². The van der Waals surface area contributed by atoms with Crippen molar-refractivity contribution < 1.29 is 9.59 Å². The molecule has 5 heteroatoms. The van der Waals surface area contributed by atoms with Crippen LogP contribution in [0.4, 0.5) is 5.69 Å². The number of hydrogen-bond acceptors (Lipinski definition) is 3. The van der Waals surface area contributed by atoms with Crippen molar-refractivity contribution in [3.63, 3.8) is 0 Å². The van der Waals surface area contributed by atoms with Gasteiger partial charge in [-0.1, -0.05) is 13.8 Å². The SMILES string of the molecule is CCNc1ccc(C(=O)NCC(=O)NCC(C)C)c(C)c1. The van der Waals surface area contributed by atoms with Crippen LogP contribution in [0.25, 0.3) is 0 Å². The zero-order chi connectivity index (χ0) is 15.8. The molecule has 0 unspecified atom stereocenters. The lowest BCUT2D eigenvalue weighted by molar-refractivity contribution is -0.120. The molecule has 5 nitrogen and oxygen atoms in total. The van der Waals surface area contributed by atoms with Gasteiger partial charge in [-0.3, -0.25) is 9.59 Å². The molecule has 0 aliphatic heterocycles. The molecule has 0 saturated heterocycles. The van der Waals surface area contributed by atoms with Crippen LogP contribution in [0.15, 0.2) is 18.2 Å². The average Bonchev–Trinajstić information content (AvgIpc) is 2.43. The lowest BCUT2D eigenvalue weighted by Gasteiger charge is -2.11. The van der Waals surface area contributed by atoms with E-state index in [1.54, 1.807) is 6.07 Å². The third-order valence-electron chi connectivity index (χ3n) is 2.97. The van der Waals surface area contributed by atoms with Gasteiger partial charge < -0.3 is 16.0 Å². The number of anilines is 1. The molecule has 0 spiro atoms. The first-order valence-corrected chi connectivity index (χ1v) is 7.33. The Morgan fingerprint density at radius 1 is 1.19 bits per heavy atom. The van der Waals surface area contributed by atoms with E-state index in [-0.39, 0.29) is 18.4 Å². The fourth-order valence-corrected chi connectivity index (χ4v) is 1.87. The quantitative estimate of drug-likeness (QED) is 0.719. The monoisotopic (exact) mass is 291 g/mol. The van der Waals surface area contributed by atoms with Gasteiger partial charge in [-0.25, -0.2) is 0 Å². The van der Waals surface area contributed by atoms with Crippen molar-refractivity contribution in [2.45, 2.75) is 27.7 Å². The molecule has 0 saturated carbocycles. The largest absolute Gasteiger partial charge is 0.385 e. The molecule has 0 radical (unpaired) electrons. The van der Waals surface area contributed by atoms with Gasteiger partial charge in [-0.15, -0.1) is 0 Å². The number of aryl methyl sites for hydroxylation is 1. The minimum atomic E-state index is -0.227. The second kappa shape index (κ2) is 8.29. The van der Waals surface area contributed by atoms with E-state index in [0.717, 1.165) is 17.8 Å². The summed E-state index contributed by atoms with van der Waals surface area (Å²) in [5.41, 5.74) is 2.46. The Hall–Kier alpha value is -2.04. The Labute approximate surface area is 126 Å². The Kier molecular flexibility index (Phi) is 6.72. The number of carbonyl (C=O) groups excluding carboxylic acids is 2. The van der Waals surface area contributed by atoms with Gasteiger partial charge in [0.05, 0.1) is 6.54 Å². The topological polar surface area (TPSA) is 70.2 Å². The summed E-state index contributed by atoms with van der Waals surface area (Å²) in [6, 6.07) is 5.57. The number of rotatable bonds is 7. The van der Waals surface area contributed by atoms with E-state index in [1.165, 1.54) is 0 Å². The van der Waals surface area contributed by atoms with Gasteiger partial charge in [-0.2, -0.15) is 0 Å². The molecule has 0 aliphatic rings. The van der Waals surface area contributed by atoms with E-state index in [0.29, 0.717) is 18.0 Å². The van der Waals surface area contributed by atoms with Crippen LogP contribution in [0, 0.1) is 12.8 Å². The maximum absolute atomic E-state index is 12.1. The van der Waals surface area contributed by atoms with Gasteiger partial charge in [-0.05, 0) is 43.5 Å². The maximum atomic E-state index is 12.1. The van der Waals surface area contributed by atoms with Crippen LogP contribution in [-0.2, 0) is 4.79 Å². The Balaban J connectivity index is 2.54. The summed E-state index contributed by atoms with van der Waals surface area (Å²) < 4.78 is 0. The number of amides is 2. The maximum Gasteiger partial charge on any atom is 0.251 e. The van der Waals surface area contributed by atoms with Crippen LogP contribution in [0.3, 0.4) is 0 Å². The minimum absolute atomic E-state index is 0.0000449. The Morgan fingerprint density at radius 2 is 1.90 bits per heavy atom. The van der Waals surface area contributed by atoms with Crippen molar-refractivity contribution in [3.05, 3.63) is 29.3 Å². The third-order valence-corrected chi connectivity index (χ3v) is 2.97. The molecule has 1 rings (SSSR count). The number of carbonyl (C=O) groups is 2. The number of hydrogen-bond donors (Lipinski definition) is 3.